The number of aromatic nitrogens is 1. The second-order valence-corrected chi connectivity index (χ2v) is 7.03. The molecule has 0 saturated heterocycles. The van der Waals surface area contributed by atoms with Gasteiger partial charge in [0, 0.05) is 11.9 Å². The van der Waals surface area contributed by atoms with E-state index in [1.54, 1.807) is 31.2 Å². The second-order valence-electron chi connectivity index (χ2n) is 4.91. The lowest BCUT2D eigenvalue weighted by Crippen LogP contribution is -2.23. The third kappa shape index (κ3) is 2.97. The number of rotatable bonds is 5. The highest BCUT2D eigenvalue weighted by Crippen LogP contribution is 2.34. The summed E-state index contributed by atoms with van der Waals surface area (Å²) in [6, 6.07) is 6.44. The number of benzene rings is 1. The summed E-state index contributed by atoms with van der Waals surface area (Å²) in [5.41, 5.74) is 0.480. The highest BCUT2D eigenvalue weighted by atomic mass is 35.5. The molecule has 21 heavy (non-hydrogen) atoms. The van der Waals surface area contributed by atoms with Gasteiger partial charge in [-0.3, -0.25) is 0 Å². The van der Waals surface area contributed by atoms with Crippen LogP contribution >= 0.6 is 11.6 Å². The Bertz CT molecular complexity index is 788. The van der Waals surface area contributed by atoms with Gasteiger partial charge >= 0.3 is 0 Å². The normalized spacial score (nSPS) is 15.3. The molecule has 0 spiro atoms. The smallest absolute Gasteiger partial charge is 0.241 e. The second kappa shape index (κ2) is 5.44. The molecule has 3 rings (SSSR count). The molecule has 7 heteroatoms. The number of ether oxygens (including phenoxy) is 1. The largest absolute Gasteiger partial charge is 0.488 e. The standard InChI is InChI=1S/C14H15ClN2O3S/c1-2-16-21(18,19)12-7-6-11(20-9-3-4-9)14-10(12)5-8-13(15)17-14/h5-9,16H,2-4H2,1H3. The van der Waals surface area contributed by atoms with E-state index in [0.717, 1.165) is 12.8 Å². The van der Waals surface area contributed by atoms with Gasteiger partial charge in [0.1, 0.15) is 16.4 Å². The fraction of sp³-hybridized carbons (Fsp3) is 0.357. The van der Waals surface area contributed by atoms with Gasteiger partial charge in [0.05, 0.1) is 11.0 Å². The quantitative estimate of drug-likeness (QED) is 0.858. The molecule has 1 heterocycles. The number of hydrogen-bond acceptors (Lipinski definition) is 4. The average Bonchev–Trinajstić information content (AvgIpc) is 3.23. The zero-order valence-corrected chi connectivity index (χ0v) is 13.0. The number of sulfonamides is 1. The monoisotopic (exact) mass is 326 g/mol. The highest BCUT2D eigenvalue weighted by molar-refractivity contribution is 7.89. The summed E-state index contributed by atoms with van der Waals surface area (Å²) in [5.74, 6) is 0.574. The van der Waals surface area contributed by atoms with Gasteiger partial charge in [0.25, 0.3) is 0 Å². The van der Waals surface area contributed by atoms with E-state index >= 15 is 0 Å². The molecule has 1 saturated carbocycles. The van der Waals surface area contributed by atoms with Crippen molar-refractivity contribution in [3.63, 3.8) is 0 Å². The molecule has 0 unspecified atom stereocenters. The summed E-state index contributed by atoms with van der Waals surface area (Å²) in [6.07, 6.45) is 2.23. The summed E-state index contributed by atoms with van der Waals surface area (Å²) in [6.45, 7) is 2.06. The van der Waals surface area contributed by atoms with Crippen LogP contribution in [0.3, 0.4) is 0 Å². The Morgan fingerprint density at radius 1 is 1.33 bits per heavy atom. The van der Waals surface area contributed by atoms with Crippen LogP contribution in [0.5, 0.6) is 5.75 Å². The third-order valence-corrected chi connectivity index (χ3v) is 5.00. The third-order valence-electron chi connectivity index (χ3n) is 3.19. The minimum absolute atomic E-state index is 0.187. The first-order valence-electron chi connectivity index (χ1n) is 6.77. The minimum atomic E-state index is -3.57. The molecule has 1 aliphatic carbocycles. The number of halogens is 1. The van der Waals surface area contributed by atoms with Crippen LogP contribution in [-0.2, 0) is 10.0 Å². The Labute approximate surface area is 128 Å². The molecule has 1 fully saturated rings. The van der Waals surface area contributed by atoms with E-state index in [0.29, 0.717) is 28.4 Å². The summed E-state index contributed by atoms with van der Waals surface area (Å²) in [4.78, 5) is 4.43. The van der Waals surface area contributed by atoms with Gasteiger partial charge in [0.2, 0.25) is 10.0 Å². The van der Waals surface area contributed by atoms with Crippen LogP contribution in [0.4, 0.5) is 0 Å². The fourth-order valence-corrected chi connectivity index (χ4v) is 3.49. The molecule has 0 radical (unpaired) electrons. The number of nitrogens with one attached hydrogen (secondary N) is 1. The van der Waals surface area contributed by atoms with Crippen LogP contribution in [0.1, 0.15) is 19.8 Å². The van der Waals surface area contributed by atoms with E-state index in [1.165, 1.54) is 0 Å². The summed E-state index contributed by atoms with van der Waals surface area (Å²) < 4.78 is 32.8. The van der Waals surface area contributed by atoms with Crippen molar-refractivity contribution in [1.82, 2.24) is 9.71 Å². The van der Waals surface area contributed by atoms with Crippen molar-refractivity contribution in [2.75, 3.05) is 6.54 Å². The fourth-order valence-electron chi connectivity index (χ4n) is 2.10. The van der Waals surface area contributed by atoms with E-state index in [-0.39, 0.29) is 11.0 Å². The molecule has 2 aromatic rings. The Hall–Kier alpha value is -1.37. The topological polar surface area (TPSA) is 68.3 Å². The zero-order valence-electron chi connectivity index (χ0n) is 11.5. The number of nitrogens with zero attached hydrogens (tertiary/aromatic N) is 1. The van der Waals surface area contributed by atoms with Gasteiger partial charge in [0.15, 0.2) is 0 Å². The van der Waals surface area contributed by atoms with Crippen molar-refractivity contribution in [1.29, 1.82) is 0 Å². The van der Waals surface area contributed by atoms with Crippen molar-refractivity contribution in [2.24, 2.45) is 0 Å². The Morgan fingerprint density at radius 2 is 2.10 bits per heavy atom. The maximum absolute atomic E-state index is 12.3. The summed E-state index contributed by atoms with van der Waals surface area (Å²) >= 11 is 5.94. The molecule has 0 bridgehead atoms. The van der Waals surface area contributed by atoms with Gasteiger partial charge in [-0.2, -0.15) is 0 Å². The molecule has 1 aliphatic rings. The van der Waals surface area contributed by atoms with Crippen molar-refractivity contribution < 1.29 is 13.2 Å². The molecule has 1 aromatic heterocycles. The Morgan fingerprint density at radius 3 is 2.76 bits per heavy atom. The number of pyridine rings is 1. The van der Waals surface area contributed by atoms with Crippen LogP contribution in [0.15, 0.2) is 29.2 Å². The molecule has 112 valence electrons. The molecule has 1 N–H and O–H groups in total. The van der Waals surface area contributed by atoms with Crippen molar-refractivity contribution in [2.45, 2.75) is 30.8 Å². The maximum Gasteiger partial charge on any atom is 0.241 e. The summed E-state index contributed by atoms with van der Waals surface area (Å²) in [5, 5.41) is 0.819. The van der Waals surface area contributed by atoms with Crippen molar-refractivity contribution in [3.8, 4) is 5.75 Å². The lowest BCUT2D eigenvalue weighted by Gasteiger charge is -2.12. The van der Waals surface area contributed by atoms with Crippen LogP contribution < -0.4 is 9.46 Å². The summed E-state index contributed by atoms with van der Waals surface area (Å²) in [7, 11) is -3.57. The molecule has 5 nitrogen and oxygen atoms in total. The number of hydrogen-bond donors (Lipinski definition) is 1. The van der Waals surface area contributed by atoms with Crippen molar-refractivity contribution in [3.05, 3.63) is 29.4 Å². The predicted molar refractivity (Wildman–Crippen MR) is 81.3 cm³/mol. The van der Waals surface area contributed by atoms with E-state index in [9.17, 15) is 8.42 Å². The van der Waals surface area contributed by atoms with Gasteiger partial charge in [-0.05, 0) is 37.1 Å². The maximum atomic E-state index is 12.3. The lowest BCUT2D eigenvalue weighted by molar-refractivity contribution is 0.306. The van der Waals surface area contributed by atoms with Crippen LogP contribution in [0.25, 0.3) is 10.9 Å². The van der Waals surface area contributed by atoms with E-state index in [1.807, 2.05) is 0 Å². The Kier molecular flexibility index (Phi) is 3.77. The molecule has 1 aromatic carbocycles. The number of fused-ring (bicyclic) bond motifs is 1. The van der Waals surface area contributed by atoms with Gasteiger partial charge < -0.3 is 4.74 Å². The molecule has 0 atom stereocenters. The van der Waals surface area contributed by atoms with Crippen LogP contribution in [-0.4, -0.2) is 26.1 Å². The predicted octanol–water partition coefficient (Wildman–Crippen LogP) is 2.73. The molecule has 0 aliphatic heterocycles. The average molecular weight is 327 g/mol. The first-order chi connectivity index (χ1) is 10.0. The van der Waals surface area contributed by atoms with E-state index in [4.69, 9.17) is 16.3 Å². The van der Waals surface area contributed by atoms with Gasteiger partial charge in [-0.25, -0.2) is 18.1 Å². The van der Waals surface area contributed by atoms with Gasteiger partial charge in [-0.1, -0.05) is 18.5 Å². The Balaban J connectivity index is 2.19. The van der Waals surface area contributed by atoms with E-state index in [2.05, 4.69) is 9.71 Å². The lowest BCUT2D eigenvalue weighted by atomic mass is 10.2. The van der Waals surface area contributed by atoms with Gasteiger partial charge in [-0.15, -0.1) is 0 Å². The molecular formula is C14H15ClN2O3S. The SMILES string of the molecule is CCNS(=O)(=O)c1ccc(OC2CC2)c2nc(Cl)ccc12. The van der Waals surface area contributed by atoms with E-state index < -0.39 is 10.0 Å². The van der Waals surface area contributed by atoms with Crippen LogP contribution in [0.2, 0.25) is 5.15 Å². The van der Waals surface area contributed by atoms with Crippen LogP contribution in [0, 0.1) is 0 Å². The first kappa shape index (κ1) is 14.6. The minimum Gasteiger partial charge on any atom is -0.488 e. The zero-order chi connectivity index (χ0) is 15.0. The molecular weight excluding hydrogens is 312 g/mol. The molecule has 0 amide bonds. The first-order valence-corrected chi connectivity index (χ1v) is 8.63. The highest BCUT2D eigenvalue weighted by Gasteiger charge is 2.26. The van der Waals surface area contributed by atoms with Crippen molar-refractivity contribution >= 4 is 32.5 Å².